The number of para-hydroxylation sites is 1. The van der Waals surface area contributed by atoms with Crippen molar-refractivity contribution in [3.63, 3.8) is 0 Å². The lowest BCUT2D eigenvalue weighted by atomic mass is 9.96. The quantitative estimate of drug-likeness (QED) is 0.374. The van der Waals surface area contributed by atoms with Crippen LogP contribution >= 0.6 is 0 Å². The summed E-state index contributed by atoms with van der Waals surface area (Å²) in [5, 5.41) is 16.5. The average molecular weight is 404 g/mol. The Morgan fingerprint density at radius 2 is 1.97 bits per heavy atom. The summed E-state index contributed by atoms with van der Waals surface area (Å²) in [6.07, 6.45) is 2.00. The fraction of sp³-hybridized carbons (Fsp3) is 0.217. The molecule has 4 rings (SSSR count). The predicted molar refractivity (Wildman–Crippen MR) is 116 cm³/mol. The lowest BCUT2D eigenvalue weighted by Gasteiger charge is -2.13. The zero-order valence-corrected chi connectivity index (χ0v) is 16.6. The van der Waals surface area contributed by atoms with Crippen LogP contribution in [0.2, 0.25) is 0 Å². The van der Waals surface area contributed by atoms with Gasteiger partial charge in [-0.15, -0.1) is 0 Å². The van der Waals surface area contributed by atoms with Gasteiger partial charge in [-0.25, -0.2) is 16.3 Å². The number of nitrogens with zero attached hydrogens (tertiary/aromatic N) is 1. The number of phenols is 1. The third-order valence-corrected chi connectivity index (χ3v) is 5.13. The zero-order chi connectivity index (χ0) is 20.9. The molecule has 0 radical (unpaired) electrons. The number of carbonyl (C=O) groups is 1. The van der Waals surface area contributed by atoms with E-state index in [4.69, 9.17) is 4.74 Å². The lowest BCUT2D eigenvalue weighted by Crippen LogP contribution is -2.41. The number of aromatic hydroxyl groups is 1. The molecule has 1 saturated heterocycles. The summed E-state index contributed by atoms with van der Waals surface area (Å²) in [6, 6.07) is 19.1. The molecule has 1 aliphatic heterocycles. The number of benzene rings is 3. The Morgan fingerprint density at radius 1 is 1.17 bits per heavy atom. The van der Waals surface area contributed by atoms with Gasteiger partial charge in [0.2, 0.25) is 0 Å². The number of ether oxygens (including phenoxy) is 1. The van der Waals surface area contributed by atoms with Gasteiger partial charge in [0.1, 0.15) is 6.04 Å². The van der Waals surface area contributed by atoms with Gasteiger partial charge in [0, 0.05) is 11.6 Å². The van der Waals surface area contributed by atoms with Crippen molar-refractivity contribution in [2.75, 3.05) is 6.61 Å². The fourth-order valence-electron chi connectivity index (χ4n) is 3.65. The summed E-state index contributed by atoms with van der Waals surface area (Å²) in [7, 11) is 0. The maximum atomic E-state index is 12.5. The van der Waals surface area contributed by atoms with Crippen LogP contribution in [0.5, 0.6) is 11.5 Å². The minimum Gasteiger partial charge on any atom is -0.504 e. The molecule has 0 aromatic heterocycles. The summed E-state index contributed by atoms with van der Waals surface area (Å²) in [4.78, 5) is 12.5. The Morgan fingerprint density at radius 3 is 2.83 bits per heavy atom. The standard InChI is InChI=1S/C23H24N4O3/c1-2-30-21-12-6-9-16(22(21)28)14-24-27-23(29)20-13-19(25-26-20)18-11-5-8-15-7-3-4-10-17(15)18/h3-12,14,19-20,25-26,28H,2,13H2,1H3,(H,27,29)/b24-14+. The van der Waals surface area contributed by atoms with Gasteiger partial charge >= 0.3 is 0 Å². The van der Waals surface area contributed by atoms with Crippen LogP contribution in [0.1, 0.15) is 30.5 Å². The molecule has 1 aliphatic rings. The van der Waals surface area contributed by atoms with Gasteiger partial charge in [0.05, 0.1) is 12.8 Å². The molecular weight excluding hydrogens is 380 g/mol. The minimum atomic E-state index is -0.422. The van der Waals surface area contributed by atoms with E-state index in [-0.39, 0.29) is 17.7 Å². The van der Waals surface area contributed by atoms with Gasteiger partial charge in [-0.3, -0.25) is 4.79 Å². The van der Waals surface area contributed by atoms with Gasteiger partial charge in [-0.2, -0.15) is 5.10 Å². The van der Waals surface area contributed by atoms with Crippen molar-refractivity contribution >= 4 is 22.9 Å². The van der Waals surface area contributed by atoms with Crippen molar-refractivity contribution in [2.45, 2.75) is 25.4 Å². The van der Waals surface area contributed by atoms with Crippen LogP contribution in [0.3, 0.4) is 0 Å². The van der Waals surface area contributed by atoms with Crippen LogP contribution < -0.4 is 21.0 Å². The van der Waals surface area contributed by atoms with E-state index < -0.39 is 6.04 Å². The Balaban J connectivity index is 1.40. The maximum Gasteiger partial charge on any atom is 0.258 e. The van der Waals surface area contributed by atoms with Gasteiger partial charge in [-0.05, 0) is 41.8 Å². The van der Waals surface area contributed by atoms with E-state index >= 15 is 0 Å². The number of hydrazone groups is 1. The SMILES string of the molecule is CCOc1cccc(/C=N/NC(=O)C2CC(c3cccc4ccccc34)NN2)c1O. The van der Waals surface area contributed by atoms with Crippen LogP contribution in [-0.4, -0.2) is 29.9 Å². The topological polar surface area (TPSA) is 95.0 Å². The second-order valence-electron chi connectivity index (χ2n) is 7.06. The van der Waals surface area contributed by atoms with Gasteiger partial charge in [0.25, 0.3) is 5.91 Å². The van der Waals surface area contributed by atoms with Gasteiger partial charge < -0.3 is 9.84 Å². The monoisotopic (exact) mass is 404 g/mol. The molecule has 7 heteroatoms. The second kappa shape index (κ2) is 8.94. The van der Waals surface area contributed by atoms with Crippen LogP contribution in [0, 0.1) is 0 Å². The molecular formula is C23H24N4O3. The number of fused-ring (bicyclic) bond motifs is 1. The zero-order valence-electron chi connectivity index (χ0n) is 16.6. The number of rotatable bonds is 6. The summed E-state index contributed by atoms with van der Waals surface area (Å²) >= 11 is 0. The van der Waals surface area contributed by atoms with E-state index in [1.54, 1.807) is 18.2 Å². The molecule has 0 aliphatic carbocycles. The highest BCUT2D eigenvalue weighted by Crippen LogP contribution is 2.30. The van der Waals surface area contributed by atoms with Gasteiger partial charge in [-0.1, -0.05) is 48.5 Å². The number of hydrogen-bond acceptors (Lipinski definition) is 6. The van der Waals surface area contributed by atoms with Crippen molar-refractivity contribution in [1.82, 2.24) is 16.3 Å². The molecule has 2 atom stereocenters. The van der Waals surface area contributed by atoms with E-state index in [1.165, 1.54) is 17.0 Å². The highest BCUT2D eigenvalue weighted by molar-refractivity contribution is 5.88. The van der Waals surface area contributed by atoms with E-state index in [0.29, 0.717) is 24.3 Å². The molecule has 154 valence electrons. The van der Waals surface area contributed by atoms with E-state index in [9.17, 15) is 9.90 Å². The molecule has 3 aromatic rings. The first kappa shape index (κ1) is 19.9. The van der Waals surface area contributed by atoms with Crippen molar-refractivity contribution in [3.8, 4) is 11.5 Å². The molecule has 1 heterocycles. The predicted octanol–water partition coefficient (Wildman–Crippen LogP) is 3.00. The first-order chi connectivity index (χ1) is 14.7. The third-order valence-electron chi connectivity index (χ3n) is 5.13. The summed E-state index contributed by atoms with van der Waals surface area (Å²) in [6.45, 7) is 2.29. The molecule has 0 spiro atoms. The van der Waals surface area contributed by atoms with E-state index in [0.717, 1.165) is 5.56 Å². The molecule has 2 unspecified atom stereocenters. The Kier molecular flexibility index (Phi) is 5.92. The van der Waals surface area contributed by atoms with E-state index in [2.05, 4.69) is 45.6 Å². The van der Waals surface area contributed by atoms with Crippen LogP contribution in [0.25, 0.3) is 10.8 Å². The maximum absolute atomic E-state index is 12.5. The minimum absolute atomic E-state index is 0.00553. The molecule has 0 bridgehead atoms. The van der Waals surface area contributed by atoms with Crippen LogP contribution in [-0.2, 0) is 4.79 Å². The molecule has 0 saturated carbocycles. The highest BCUT2D eigenvalue weighted by atomic mass is 16.5. The normalized spacial score (nSPS) is 18.7. The lowest BCUT2D eigenvalue weighted by molar-refractivity contribution is -0.122. The first-order valence-electron chi connectivity index (χ1n) is 9.93. The Bertz CT molecular complexity index is 1080. The number of amides is 1. The first-order valence-corrected chi connectivity index (χ1v) is 9.93. The van der Waals surface area contributed by atoms with Crippen LogP contribution in [0.4, 0.5) is 0 Å². The number of hydrazine groups is 1. The molecule has 3 aromatic carbocycles. The molecule has 1 fully saturated rings. The second-order valence-corrected chi connectivity index (χ2v) is 7.06. The van der Waals surface area contributed by atoms with Gasteiger partial charge in [0.15, 0.2) is 11.5 Å². The Hall–Kier alpha value is -3.42. The van der Waals surface area contributed by atoms with Crippen molar-refractivity contribution in [1.29, 1.82) is 0 Å². The third kappa shape index (κ3) is 4.12. The van der Waals surface area contributed by atoms with E-state index in [1.807, 2.05) is 25.1 Å². The number of hydrogen-bond donors (Lipinski definition) is 4. The molecule has 7 nitrogen and oxygen atoms in total. The summed E-state index contributed by atoms with van der Waals surface area (Å²) in [5.41, 5.74) is 10.4. The molecule has 1 amide bonds. The fourth-order valence-corrected chi connectivity index (χ4v) is 3.65. The number of phenolic OH excluding ortho intramolecular Hbond substituents is 1. The smallest absolute Gasteiger partial charge is 0.258 e. The van der Waals surface area contributed by atoms with Crippen molar-refractivity contribution in [3.05, 3.63) is 71.8 Å². The summed E-state index contributed by atoms with van der Waals surface area (Å²) in [5.74, 6) is 0.128. The summed E-state index contributed by atoms with van der Waals surface area (Å²) < 4.78 is 5.35. The molecule has 4 N–H and O–H groups in total. The highest BCUT2D eigenvalue weighted by Gasteiger charge is 2.30. The Labute approximate surface area is 174 Å². The largest absolute Gasteiger partial charge is 0.504 e. The number of carbonyl (C=O) groups excluding carboxylic acids is 1. The molecule has 30 heavy (non-hydrogen) atoms. The number of nitrogens with one attached hydrogen (secondary N) is 3. The average Bonchev–Trinajstić information content (AvgIpc) is 3.26. The van der Waals surface area contributed by atoms with Crippen LogP contribution in [0.15, 0.2) is 65.8 Å². The van der Waals surface area contributed by atoms with Crippen molar-refractivity contribution in [2.24, 2.45) is 5.10 Å². The van der Waals surface area contributed by atoms with Crippen molar-refractivity contribution < 1.29 is 14.6 Å².